The lowest BCUT2D eigenvalue weighted by molar-refractivity contribution is 0.181. The Morgan fingerprint density at radius 2 is 2.29 bits per heavy atom. The van der Waals surface area contributed by atoms with E-state index in [1.165, 1.54) is 0 Å². The maximum absolute atomic E-state index is 11.4. The van der Waals surface area contributed by atoms with Gasteiger partial charge in [-0.3, -0.25) is 4.79 Å². The van der Waals surface area contributed by atoms with Crippen LogP contribution in [0.2, 0.25) is 0 Å². The molecule has 1 N–H and O–H groups in total. The third-order valence-corrected chi connectivity index (χ3v) is 3.20. The van der Waals surface area contributed by atoms with Crippen LogP contribution in [0.4, 0.5) is 0 Å². The summed E-state index contributed by atoms with van der Waals surface area (Å²) in [6, 6.07) is 0. The molecule has 1 aromatic heterocycles. The van der Waals surface area contributed by atoms with Crippen LogP contribution in [0, 0.1) is 10.5 Å². The van der Waals surface area contributed by atoms with Crippen molar-refractivity contribution in [1.82, 2.24) is 9.97 Å². The molecule has 0 bridgehead atoms. The number of nitrogens with zero attached hydrogens (tertiary/aromatic N) is 1. The van der Waals surface area contributed by atoms with Crippen LogP contribution in [0.25, 0.3) is 0 Å². The molecule has 1 rings (SSSR count). The van der Waals surface area contributed by atoms with Gasteiger partial charge in [0, 0.05) is 13.0 Å². The average molecular weight is 308 g/mol. The number of hydrogen-bond donors (Lipinski definition) is 1. The Kier molecular flexibility index (Phi) is 4.06. The van der Waals surface area contributed by atoms with Gasteiger partial charge in [-0.05, 0) is 29.5 Å². The van der Waals surface area contributed by atoms with Gasteiger partial charge in [-0.15, -0.1) is 0 Å². The van der Waals surface area contributed by atoms with Crippen LogP contribution < -0.4 is 5.56 Å². The van der Waals surface area contributed by atoms with Crippen molar-refractivity contribution in [1.29, 1.82) is 0 Å². The Balaban J connectivity index is 3.06. The van der Waals surface area contributed by atoms with Crippen molar-refractivity contribution in [2.24, 2.45) is 0 Å². The van der Waals surface area contributed by atoms with E-state index in [4.69, 9.17) is 4.74 Å². The van der Waals surface area contributed by atoms with E-state index in [2.05, 4.69) is 9.97 Å². The molecule has 0 fully saturated rings. The maximum Gasteiger partial charge on any atom is 0.264 e. The molecule has 0 saturated carbocycles. The number of nitrogens with one attached hydrogen (secondary N) is 1. The lowest BCUT2D eigenvalue weighted by Crippen LogP contribution is -2.19. The first-order chi connectivity index (χ1) is 6.56. The van der Waals surface area contributed by atoms with E-state index in [0.29, 0.717) is 16.0 Å². The summed E-state index contributed by atoms with van der Waals surface area (Å²) in [5, 5.41) is 0. The van der Waals surface area contributed by atoms with Crippen molar-refractivity contribution in [3.8, 4) is 0 Å². The molecule has 0 aliphatic carbocycles. The highest BCUT2D eigenvalue weighted by atomic mass is 127. The van der Waals surface area contributed by atoms with Gasteiger partial charge in [0.25, 0.3) is 5.56 Å². The highest BCUT2D eigenvalue weighted by Gasteiger charge is 2.10. The third kappa shape index (κ3) is 2.54. The van der Waals surface area contributed by atoms with E-state index in [-0.39, 0.29) is 11.5 Å². The molecule has 1 atom stereocenters. The number of aromatic nitrogens is 2. The SMILES string of the molecule is COCC(C)c1nc(C)c(I)c(=O)[nH]1. The fourth-order valence-corrected chi connectivity index (χ4v) is 1.41. The Bertz CT molecular complexity index is 376. The van der Waals surface area contributed by atoms with E-state index in [0.717, 1.165) is 5.69 Å². The topological polar surface area (TPSA) is 55.0 Å². The van der Waals surface area contributed by atoms with Crippen LogP contribution in [0.5, 0.6) is 0 Å². The second-order valence-corrected chi connectivity index (χ2v) is 4.29. The Hall–Kier alpha value is -0.430. The van der Waals surface area contributed by atoms with E-state index >= 15 is 0 Å². The Morgan fingerprint density at radius 1 is 1.64 bits per heavy atom. The lowest BCUT2D eigenvalue weighted by atomic mass is 10.2. The van der Waals surface area contributed by atoms with E-state index < -0.39 is 0 Å². The highest BCUT2D eigenvalue weighted by Crippen LogP contribution is 2.11. The molecular formula is C9H13IN2O2. The predicted molar refractivity (Wildman–Crippen MR) is 62.6 cm³/mol. The molecule has 1 heterocycles. The minimum absolute atomic E-state index is 0.0731. The molecule has 1 aromatic rings. The number of halogens is 1. The van der Waals surface area contributed by atoms with Gasteiger partial charge in [0.15, 0.2) is 0 Å². The first kappa shape index (κ1) is 11.6. The third-order valence-electron chi connectivity index (χ3n) is 1.93. The smallest absolute Gasteiger partial charge is 0.264 e. The Morgan fingerprint density at radius 3 is 2.79 bits per heavy atom. The fourth-order valence-electron chi connectivity index (χ4n) is 1.16. The van der Waals surface area contributed by atoms with Crippen LogP contribution in [0.3, 0.4) is 0 Å². The van der Waals surface area contributed by atoms with Crippen molar-refractivity contribution >= 4 is 22.6 Å². The van der Waals surface area contributed by atoms with Gasteiger partial charge >= 0.3 is 0 Å². The number of aromatic amines is 1. The molecule has 78 valence electrons. The zero-order chi connectivity index (χ0) is 10.7. The monoisotopic (exact) mass is 308 g/mol. The summed E-state index contributed by atoms with van der Waals surface area (Å²) in [4.78, 5) is 18.5. The normalized spacial score (nSPS) is 12.9. The largest absolute Gasteiger partial charge is 0.384 e. The number of aryl methyl sites for hydroxylation is 1. The van der Waals surface area contributed by atoms with Gasteiger partial charge in [0.05, 0.1) is 15.9 Å². The summed E-state index contributed by atoms with van der Waals surface area (Å²) in [5.41, 5.74) is 0.698. The predicted octanol–water partition coefficient (Wildman–Crippen LogP) is 1.43. The molecule has 0 spiro atoms. The van der Waals surface area contributed by atoms with Gasteiger partial charge < -0.3 is 9.72 Å². The van der Waals surface area contributed by atoms with Gasteiger partial charge in [0.1, 0.15) is 5.82 Å². The molecular weight excluding hydrogens is 295 g/mol. The van der Waals surface area contributed by atoms with Crippen LogP contribution in [0.15, 0.2) is 4.79 Å². The molecule has 0 aliphatic rings. The molecule has 0 amide bonds. The second-order valence-electron chi connectivity index (χ2n) is 3.21. The molecule has 14 heavy (non-hydrogen) atoms. The zero-order valence-corrected chi connectivity index (χ0v) is 10.6. The highest BCUT2D eigenvalue weighted by molar-refractivity contribution is 14.1. The van der Waals surface area contributed by atoms with Crippen molar-refractivity contribution in [2.75, 3.05) is 13.7 Å². The Labute approximate surface area is 96.2 Å². The standard InChI is InChI=1S/C9H13IN2O2/c1-5(4-14-3)8-11-6(2)7(10)9(13)12-8/h5H,4H2,1-3H3,(H,11,12,13). The van der Waals surface area contributed by atoms with Crippen LogP contribution in [-0.2, 0) is 4.74 Å². The fraction of sp³-hybridized carbons (Fsp3) is 0.556. The van der Waals surface area contributed by atoms with E-state index in [1.807, 2.05) is 36.4 Å². The van der Waals surface area contributed by atoms with Gasteiger partial charge in [-0.25, -0.2) is 4.98 Å². The second kappa shape index (κ2) is 4.88. The molecule has 0 aliphatic heterocycles. The molecule has 5 heteroatoms. The first-order valence-corrected chi connectivity index (χ1v) is 5.39. The van der Waals surface area contributed by atoms with Crippen molar-refractivity contribution in [3.05, 3.63) is 25.4 Å². The van der Waals surface area contributed by atoms with Crippen LogP contribution in [0.1, 0.15) is 24.4 Å². The van der Waals surface area contributed by atoms with Gasteiger partial charge in [-0.2, -0.15) is 0 Å². The van der Waals surface area contributed by atoms with E-state index in [1.54, 1.807) is 7.11 Å². The van der Waals surface area contributed by atoms with Crippen molar-refractivity contribution in [3.63, 3.8) is 0 Å². The molecule has 1 unspecified atom stereocenters. The average Bonchev–Trinajstić information content (AvgIpc) is 2.13. The van der Waals surface area contributed by atoms with Gasteiger partial charge in [-0.1, -0.05) is 6.92 Å². The molecule has 0 aromatic carbocycles. The number of methoxy groups -OCH3 is 1. The van der Waals surface area contributed by atoms with Crippen molar-refractivity contribution in [2.45, 2.75) is 19.8 Å². The summed E-state index contributed by atoms with van der Waals surface area (Å²) < 4.78 is 5.65. The summed E-state index contributed by atoms with van der Waals surface area (Å²) >= 11 is 1.99. The van der Waals surface area contributed by atoms with Gasteiger partial charge in [0.2, 0.25) is 0 Å². The molecule has 4 nitrogen and oxygen atoms in total. The summed E-state index contributed by atoms with van der Waals surface area (Å²) in [7, 11) is 1.63. The van der Waals surface area contributed by atoms with Crippen molar-refractivity contribution < 1.29 is 4.74 Å². The number of ether oxygens (including phenoxy) is 1. The summed E-state index contributed by atoms with van der Waals surface area (Å²) in [6.07, 6.45) is 0. The molecule has 0 saturated heterocycles. The number of hydrogen-bond acceptors (Lipinski definition) is 3. The quantitative estimate of drug-likeness (QED) is 0.860. The number of H-pyrrole nitrogens is 1. The summed E-state index contributed by atoms with van der Waals surface area (Å²) in [6.45, 7) is 4.36. The van der Waals surface area contributed by atoms with E-state index in [9.17, 15) is 4.79 Å². The molecule has 0 radical (unpaired) electrons. The minimum atomic E-state index is -0.0731. The minimum Gasteiger partial charge on any atom is -0.384 e. The summed E-state index contributed by atoms with van der Waals surface area (Å²) in [5.74, 6) is 0.804. The van der Waals surface area contributed by atoms with Crippen LogP contribution >= 0.6 is 22.6 Å². The first-order valence-electron chi connectivity index (χ1n) is 4.31. The lowest BCUT2D eigenvalue weighted by Gasteiger charge is -2.10. The zero-order valence-electron chi connectivity index (χ0n) is 8.43. The number of rotatable bonds is 3. The van der Waals surface area contributed by atoms with Crippen LogP contribution in [-0.4, -0.2) is 23.7 Å². The maximum atomic E-state index is 11.4.